The Labute approximate surface area is 170 Å². The SMILES string of the molecule is COc1cc(C2=NN3[C@@H](C2)c2ccccc2O[C@@]32CCOC(C)(C)C2)ccc1O. The minimum absolute atomic E-state index is 0.114. The summed E-state index contributed by atoms with van der Waals surface area (Å²) >= 11 is 0. The summed E-state index contributed by atoms with van der Waals surface area (Å²) in [6.07, 6.45) is 2.27. The molecule has 1 N–H and O–H groups in total. The van der Waals surface area contributed by atoms with Crippen molar-refractivity contribution in [2.24, 2.45) is 5.10 Å². The zero-order chi connectivity index (χ0) is 20.2. The van der Waals surface area contributed by atoms with Crippen LogP contribution in [0.25, 0.3) is 0 Å². The van der Waals surface area contributed by atoms with Crippen LogP contribution in [0.4, 0.5) is 0 Å². The fourth-order valence-corrected chi connectivity index (χ4v) is 4.83. The average Bonchev–Trinajstić information content (AvgIpc) is 3.14. The van der Waals surface area contributed by atoms with Crippen LogP contribution in [-0.4, -0.2) is 40.9 Å². The minimum atomic E-state index is -0.524. The molecule has 1 fully saturated rings. The van der Waals surface area contributed by atoms with Crippen LogP contribution in [0, 0.1) is 0 Å². The second kappa shape index (κ2) is 6.39. The number of benzene rings is 2. The molecule has 1 spiro atoms. The Morgan fingerprint density at radius 1 is 1.21 bits per heavy atom. The Bertz CT molecular complexity index is 987. The molecule has 5 rings (SSSR count). The van der Waals surface area contributed by atoms with Gasteiger partial charge in [0.2, 0.25) is 5.72 Å². The molecular weight excluding hydrogens is 368 g/mol. The number of fused-ring (bicyclic) bond motifs is 4. The number of ether oxygens (including phenoxy) is 3. The lowest BCUT2D eigenvalue weighted by molar-refractivity contribution is -0.212. The maximum Gasteiger partial charge on any atom is 0.203 e. The molecule has 0 bridgehead atoms. The first kappa shape index (κ1) is 18.3. The molecule has 6 nitrogen and oxygen atoms in total. The number of nitrogens with zero attached hydrogens (tertiary/aromatic N) is 2. The smallest absolute Gasteiger partial charge is 0.203 e. The van der Waals surface area contributed by atoms with Crippen LogP contribution in [0.1, 0.15) is 50.3 Å². The summed E-state index contributed by atoms with van der Waals surface area (Å²) in [6.45, 7) is 4.85. The first-order chi connectivity index (χ1) is 13.9. The standard InChI is InChI=1S/C23H26N2O4/c1-22(2)14-23(10-11-28-22)25-18(16-6-4-5-7-20(16)29-23)13-17(24-25)15-8-9-19(26)21(12-15)27-3/h4-9,12,18,26H,10-11,13-14H2,1-3H3/t18-,23+/m0/s1. The lowest BCUT2D eigenvalue weighted by Crippen LogP contribution is -2.60. The highest BCUT2D eigenvalue weighted by atomic mass is 16.5. The molecule has 0 aliphatic carbocycles. The predicted octanol–water partition coefficient (Wildman–Crippen LogP) is 4.23. The van der Waals surface area contributed by atoms with Crippen LogP contribution in [0.2, 0.25) is 0 Å². The largest absolute Gasteiger partial charge is 0.504 e. The summed E-state index contributed by atoms with van der Waals surface area (Å²) in [4.78, 5) is 0. The van der Waals surface area contributed by atoms with E-state index >= 15 is 0 Å². The first-order valence-electron chi connectivity index (χ1n) is 10.1. The normalized spacial score (nSPS) is 27.1. The highest BCUT2D eigenvalue weighted by Gasteiger charge is 2.54. The van der Waals surface area contributed by atoms with Gasteiger partial charge in [-0.15, -0.1) is 0 Å². The quantitative estimate of drug-likeness (QED) is 0.826. The van der Waals surface area contributed by atoms with Crippen molar-refractivity contribution in [2.45, 2.75) is 50.5 Å². The van der Waals surface area contributed by atoms with Gasteiger partial charge in [-0.2, -0.15) is 5.10 Å². The third-order valence-corrected chi connectivity index (χ3v) is 6.11. The summed E-state index contributed by atoms with van der Waals surface area (Å²) in [5, 5.41) is 17.2. The van der Waals surface area contributed by atoms with Crippen LogP contribution in [0.3, 0.4) is 0 Å². The topological polar surface area (TPSA) is 63.5 Å². The lowest BCUT2D eigenvalue weighted by atomic mass is 9.86. The molecule has 6 heteroatoms. The van der Waals surface area contributed by atoms with Crippen LogP contribution in [0.15, 0.2) is 47.6 Å². The van der Waals surface area contributed by atoms with E-state index in [1.165, 1.54) is 0 Å². The van der Waals surface area contributed by atoms with Crippen LogP contribution >= 0.6 is 0 Å². The van der Waals surface area contributed by atoms with Crippen molar-refractivity contribution in [3.8, 4) is 17.2 Å². The summed E-state index contributed by atoms with van der Waals surface area (Å²) in [6, 6.07) is 13.8. The van der Waals surface area contributed by atoms with Gasteiger partial charge in [-0.3, -0.25) is 0 Å². The van der Waals surface area contributed by atoms with Crippen LogP contribution in [-0.2, 0) is 4.74 Å². The third kappa shape index (κ3) is 2.94. The number of aromatic hydroxyl groups is 1. The van der Waals surface area contributed by atoms with Crippen molar-refractivity contribution >= 4 is 5.71 Å². The van der Waals surface area contributed by atoms with Gasteiger partial charge in [-0.1, -0.05) is 18.2 Å². The zero-order valence-electron chi connectivity index (χ0n) is 17.0. The van der Waals surface area contributed by atoms with Gasteiger partial charge in [-0.05, 0) is 38.1 Å². The van der Waals surface area contributed by atoms with Crippen molar-refractivity contribution in [3.63, 3.8) is 0 Å². The van der Waals surface area contributed by atoms with Crippen molar-refractivity contribution in [3.05, 3.63) is 53.6 Å². The predicted molar refractivity (Wildman–Crippen MR) is 109 cm³/mol. The minimum Gasteiger partial charge on any atom is -0.504 e. The number of methoxy groups -OCH3 is 1. The molecule has 3 heterocycles. The van der Waals surface area contributed by atoms with Crippen molar-refractivity contribution in [1.82, 2.24) is 5.01 Å². The molecule has 3 aliphatic heterocycles. The number of hydrogen-bond donors (Lipinski definition) is 1. The highest BCUT2D eigenvalue weighted by molar-refractivity contribution is 6.02. The number of phenols is 1. The fraction of sp³-hybridized carbons (Fsp3) is 0.435. The third-order valence-electron chi connectivity index (χ3n) is 6.11. The molecule has 3 aliphatic rings. The summed E-state index contributed by atoms with van der Waals surface area (Å²) in [5.74, 6) is 1.52. The van der Waals surface area contributed by atoms with Crippen molar-refractivity contribution < 1.29 is 19.3 Å². The molecule has 0 aromatic heterocycles. The van der Waals surface area contributed by atoms with Crippen molar-refractivity contribution in [1.29, 1.82) is 0 Å². The Morgan fingerprint density at radius 3 is 2.83 bits per heavy atom. The van der Waals surface area contributed by atoms with Gasteiger partial charge in [0.15, 0.2) is 11.5 Å². The Hall–Kier alpha value is -2.73. The second-order valence-electron chi connectivity index (χ2n) is 8.62. The molecule has 1 saturated heterocycles. The van der Waals surface area contributed by atoms with E-state index in [1.807, 2.05) is 24.3 Å². The second-order valence-corrected chi connectivity index (χ2v) is 8.62. The Balaban J connectivity index is 1.60. The van der Waals surface area contributed by atoms with E-state index in [0.29, 0.717) is 12.4 Å². The molecule has 29 heavy (non-hydrogen) atoms. The van der Waals surface area contributed by atoms with Gasteiger partial charge < -0.3 is 19.3 Å². The van der Waals surface area contributed by atoms with Crippen LogP contribution < -0.4 is 9.47 Å². The summed E-state index contributed by atoms with van der Waals surface area (Å²) in [7, 11) is 1.56. The lowest BCUT2D eigenvalue weighted by Gasteiger charge is -2.52. The Morgan fingerprint density at radius 2 is 2.03 bits per heavy atom. The average molecular weight is 394 g/mol. The van der Waals surface area contributed by atoms with Gasteiger partial charge >= 0.3 is 0 Å². The van der Waals surface area contributed by atoms with Gasteiger partial charge in [0.25, 0.3) is 0 Å². The van der Waals surface area contributed by atoms with E-state index in [1.54, 1.807) is 13.2 Å². The number of hydrazone groups is 1. The van der Waals surface area contributed by atoms with E-state index < -0.39 is 5.72 Å². The van der Waals surface area contributed by atoms with Crippen molar-refractivity contribution in [2.75, 3.05) is 13.7 Å². The summed E-state index contributed by atoms with van der Waals surface area (Å²) < 4.78 is 17.9. The molecule has 0 unspecified atom stereocenters. The van der Waals surface area contributed by atoms with Gasteiger partial charge in [-0.25, -0.2) is 5.01 Å². The molecule has 2 aromatic carbocycles. The summed E-state index contributed by atoms with van der Waals surface area (Å²) in [5.41, 5.74) is 2.27. The number of hydrogen-bond acceptors (Lipinski definition) is 6. The van der Waals surface area contributed by atoms with Gasteiger partial charge in [0.1, 0.15) is 5.75 Å². The molecule has 0 radical (unpaired) electrons. The molecule has 0 saturated carbocycles. The van der Waals surface area contributed by atoms with E-state index in [2.05, 4.69) is 31.0 Å². The van der Waals surface area contributed by atoms with E-state index in [9.17, 15) is 5.11 Å². The molecule has 152 valence electrons. The molecular formula is C23H26N2O4. The molecule has 0 amide bonds. The maximum absolute atomic E-state index is 9.96. The fourth-order valence-electron chi connectivity index (χ4n) is 4.83. The number of phenolic OH excluding ortho intramolecular Hbond substituents is 1. The maximum atomic E-state index is 9.96. The van der Waals surface area contributed by atoms with E-state index in [-0.39, 0.29) is 17.4 Å². The zero-order valence-corrected chi connectivity index (χ0v) is 17.0. The Kier molecular flexibility index (Phi) is 4.03. The van der Waals surface area contributed by atoms with Gasteiger partial charge in [0, 0.05) is 30.4 Å². The monoisotopic (exact) mass is 394 g/mol. The highest BCUT2D eigenvalue weighted by Crippen LogP contribution is 2.51. The van der Waals surface area contributed by atoms with Gasteiger partial charge in [0.05, 0.1) is 31.1 Å². The molecule has 2 atom stereocenters. The van der Waals surface area contributed by atoms with E-state index in [4.69, 9.17) is 19.3 Å². The molecule has 2 aromatic rings. The van der Waals surface area contributed by atoms with Crippen LogP contribution in [0.5, 0.6) is 17.2 Å². The first-order valence-corrected chi connectivity index (χ1v) is 10.1. The number of para-hydroxylation sites is 1. The van der Waals surface area contributed by atoms with E-state index in [0.717, 1.165) is 41.9 Å². The number of rotatable bonds is 2.